The van der Waals surface area contributed by atoms with Crippen LogP contribution in [0.3, 0.4) is 0 Å². The molecule has 9 heteroatoms. The van der Waals surface area contributed by atoms with Gasteiger partial charge in [0.15, 0.2) is 11.5 Å². The normalized spacial score (nSPS) is 13.0. The number of nitrogens with zero attached hydrogens (tertiary/aromatic N) is 3. The van der Waals surface area contributed by atoms with Crippen molar-refractivity contribution in [2.45, 2.75) is 25.2 Å². The summed E-state index contributed by atoms with van der Waals surface area (Å²) in [6.07, 6.45) is -3.16. The maximum absolute atomic E-state index is 12.5. The Morgan fingerprint density at radius 3 is 2.52 bits per heavy atom. The number of nitrogens with two attached hydrogens (primary N) is 1. The second-order valence-electron chi connectivity index (χ2n) is 4.87. The van der Waals surface area contributed by atoms with E-state index in [0.717, 1.165) is 11.0 Å². The van der Waals surface area contributed by atoms with E-state index >= 15 is 0 Å². The highest BCUT2D eigenvalue weighted by molar-refractivity contribution is 5.43. The lowest BCUT2D eigenvalue weighted by Crippen LogP contribution is -2.23. The lowest BCUT2D eigenvalue weighted by molar-refractivity contribution is -0.143. The molecule has 23 heavy (non-hydrogen) atoms. The summed E-state index contributed by atoms with van der Waals surface area (Å²) in [5.41, 5.74) is 6.77. The minimum absolute atomic E-state index is 0.117. The Hall–Kier alpha value is -2.29. The van der Waals surface area contributed by atoms with Crippen LogP contribution in [0.1, 0.15) is 17.4 Å². The van der Waals surface area contributed by atoms with E-state index in [1.807, 2.05) is 0 Å². The van der Waals surface area contributed by atoms with Gasteiger partial charge in [-0.2, -0.15) is 18.3 Å². The molecule has 0 saturated carbocycles. The van der Waals surface area contributed by atoms with Gasteiger partial charge in [0.1, 0.15) is 18.7 Å². The van der Waals surface area contributed by atoms with Gasteiger partial charge in [0, 0.05) is 12.5 Å². The van der Waals surface area contributed by atoms with E-state index in [1.165, 1.54) is 14.2 Å². The molecule has 6 nitrogen and oxygen atoms in total. The SMILES string of the molecule is COc1ccc([C@@H](N)Cc2ncnn2CC(F)(F)F)cc1OC. The zero-order valence-electron chi connectivity index (χ0n) is 12.7. The Morgan fingerprint density at radius 1 is 1.22 bits per heavy atom. The molecule has 2 rings (SSSR count). The zero-order chi connectivity index (χ0) is 17.0. The van der Waals surface area contributed by atoms with Gasteiger partial charge in [-0.1, -0.05) is 6.07 Å². The Balaban J connectivity index is 2.17. The number of hydrogen-bond acceptors (Lipinski definition) is 5. The number of aromatic nitrogens is 3. The Labute approximate surface area is 131 Å². The molecule has 1 heterocycles. The van der Waals surface area contributed by atoms with Gasteiger partial charge in [-0.3, -0.25) is 0 Å². The van der Waals surface area contributed by atoms with Gasteiger partial charge in [-0.05, 0) is 17.7 Å². The molecular formula is C14H17F3N4O2. The molecule has 0 saturated heterocycles. The van der Waals surface area contributed by atoms with E-state index in [1.54, 1.807) is 18.2 Å². The summed E-state index contributed by atoms with van der Waals surface area (Å²) in [6.45, 7) is -1.19. The molecule has 0 bridgehead atoms. The third-order valence-corrected chi connectivity index (χ3v) is 3.26. The van der Waals surface area contributed by atoms with Gasteiger partial charge >= 0.3 is 6.18 Å². The van der Waals surface area contributed by atoms with E-state index in [-0.39, 0.29) is 12.2 Å². The van der Waals surface area contributed by atoms with Crippen molar-refractivity contribution in [2.75, 3.05) is 14.2 Å². The minimum Gasteiger partial charge on any atom is -0.493 e. The Bertz CT molecular complexity index is 658. The first-order valence-corrected chi connectivity index (χ1v) is 6.75. The number of halogens is 3. The summed E-state index contributed by atoms with van der Waals surface area (Å²) in [4.78, 5) is 3.86. The van der Waals surface area contributed by atoms with E-state index in [0.29, 0.717) is 17.1 Å². The number of benzene rings is 1. The average Bonchev–Trinajstić information content (AvgIpc) is 2.91. The van der Waals surface area contributed by atoms with Crippen LogP contribution in [0.15, 0.2) is 24.5 Å². The summed E-state index contributed by atoms with van der Waals surface area (Å²) in [7, 11) is 3.00. The van der Waals surface area contributed by atoms with Gasteiger partial charge in [-0.25, -0.2) is 9.67 Å². The zero-order valence-corrected chi connectivity index (χ0v) is 12.7. The summed E-state index contributed by atoms with van der Waals surface area (Å²) in [5.74, 6) is 1.21. The summed E-state index contributed by atoms with van der Waals surface area (Å²) < 4.78 is 48.6. The van der Waals surface area contributed by atoms with Gasteiger partial charge in [0.25, 0.3) is 0 Å². The fraction of sp³-hybridized carbons (Fsp3) is 0.429. The third-order valence-electron chi connectivity index (χ3n) is 3.26. The molecule has 0 aliphatic rings. The molecule has 0 fully saturated rings. The van der Waals surface area contributed by atoms with Crippen LogP contribution < -0.4 is 15.2 Å². The summed E-state index contributed by atoms with van der Waals surface area (Å²) in [6, 6.07) is 4.56. The van der Waals surface area contributed by atoms with Crippen molar-refractivity contribution in [3.05, 3.63) is 35.9 Å². The number of ether oxygens (including phenoxy) is 2. The first kappa shape index (κ1) is 17.1. The number of rotatable bonds is 6. The molecule has 0 spiro atoms. The first-order valence-electron chi connectivity index (χ1n) is 6.75. The van der Waals surface area contributed by atoms with Crippen molar-refractivity contribution >= 4 is 0 Å². The first-order chi connectivity index (χ1) is 10.8. The maximum atomic E-state index is 12.5. The van der Waals surface area contributed by atoms with Crippen molar-refractivity contribution in [3.8, 4) is 11.5 Å². The van der Waals surface area contributed by atoms with Crippen LogP contribution in [-0.2, 0) is 13.0 Å². The predicted octanol–water partition coefficient (Wildman–Crippen LogP) is 2.10. The van der Waals surface area contributed by atoms with E-state index in [2.05, 4.69) is 10.1 Å². The molecule has 0 radical (unpaired) electrons. The van der Waals surface area contributed by atoms with Crippen LogP contribution >= 0.6 is 0 Å². The van der Waals surface area contributed by atoms with Crippen LogP contribution in [-0.4, -0.2) is 35.2 Å². The summed E-state index contributed by atoms with van der Waals surface area (Å²) >= 11 is 0. The van der Waals surface area contributed by atoms with E-state index in [9.17, 15) is 13.2 Å². The molecule has 0 amide bonds. The van der Waals surface area contributed by atoms with Crippen LogP contribution in [0.2, 0.25) is 0 Å². The topological polar surface area (TPSA) is 75.2 Å². The highest BCUT2D eigenvalue weighted by Crippen LogP contribution is 2.30. The molecular weight excluding hydrogens is 313 g/mol. The number of hydrogen-bond donors (Lipinski definition) is 1. The van der Waals surface area contributed by atoms with Crippen molar-refractivity contribution in [1.82, 2.24) is 14.8 Å². The monoisotopic (exact) mass is 330 g/mol. The lowest BCUT2D eigenvalue weighted by Gasteiger charge is -2.15. The van der Waals surface area contributed by atoms with Crippen molar-refractivity contribution in [3.63, 3.8) is 0 Å². The van der Waals surface area contributed by atoms with Crippen molar-refractivity contribution in [1.29, 1.82) is 0 Å². The van der Waals surface area contributed by atoms with E-state index < -0.39 is 18.8 Å². The van der Waals surface area contributed by atoms with E-state index in [4.69, 9.17) is 15.2 Å². The largest absolute Gasteiger partial charge is 0.493 e. The van der Waals surface area contributed by atoms with Crippen LogP contribution in [0.25, 0.3) is 0 Å². The standard InChI is InChI=1S/C14H17F3N4O2/c1-22-11-4-3-9(5-12(11)23-2)10(18)6-13-19-8-20-21(13)7-14(15,16)17/h3-5,8,10H,6-7,18H2,1-2H3/t10-/m0/s1. The number of alkyl halides is 3. The highest BCUT2D eigenvalue weighted by Gasteiger charge is 2.30. The molecule has 2 aromatic rings. The average molecular weight is 330 g/mol. The minimum atomic E-state index is -4.37. The molecule has 0 unspecified atom stereocenters. The van der Waals surface area contributed by atoms with Crippen LogP contribution in [0.5, 0.6) is 11.5 Å². The fourth-order valence-electron chi connectivity index (χ4n) is 2.15. The Morgan fingerprint density at radius 2 is 1.91 bits per heavy atom. The molecule has 126 valence electrons. The van der Waals surface area contributed by atoms with Crippen molar-refractivity contribution < 1.29 is 22.6 Å². The van der Waals surface area contributed by atoms with Crippen LogP contribution in [0.4, 0.5) is 13.2 Å². The summed E-state index contributed by atoms with van der Waals surface area (Å²) in [5, 5.41) is 3.59. The molecule has 1 aromatic heterocycles. The highest BCUT2D eigenvalue weighted by atomic mass is 19.4. The number of methoxy groups -OCH3 is 2. The molecule has 2 N–H and O–H groups in total. The van der Waals surface area contributed by atoms with Crippen LogP contribution in [0, 0.1) is 0 Å². The molecule has 1 atom stereocenters. The second-order valence-corrected chi connectivity index (χ2v) is 4.87. The predicted molar refractivity (Wildman–Crippen MR) is 76.3 cm³/mol. The maximum Gasteiger partial charge on any atom is 0.408 e. The van der Waals surface area contributed by atoms with Gasteiger partial charge < -0.3 is 15.2 Å². The third kappa shape index (κ3) is 4.35. The van der Waals surface area contributed by atoms with Gasteiger partial charge in [-0.15, -0.1) is 0 Å². The lowest BCUT2D eigenvalue weighted by atomic mass is 10.0. The van der Waals surface area contributed by atoms with Crippen molar-refractivity contribution in [2.24, 2.45) is 5.73 Å². The second kappa shape index (κ2) is 6.86. The fourth-order valence-corrected chi connectivity index (χ4v) is 2.15. The molecule has 0 aliphatic carbocycles. The Kier molecular flexibility index (Phi) is 5.09. The molecule has 1 aromatic carbocycles. The molecule has 0 aliphatic heterocycles. The quantitative estimate of drug-likeness (QED) is 0.878. The van der Waals surface area contributed by atoms with Gasteiger partial charge in [0.2, 0.25) is 0 Å². The van der Waals surface area contributed by atoms with Gasteiger partial charge in [0.05, 0.1) is 14.2 Å². The smallest absolute Gasteiger partial charge is 0.408 e.